The van der Waals surface area contributed by atoms with Crippen molar-refractivity contribution in [2.75, 3.05) is 23.7 Å². The Bertz CT molecular complexity index is 1440. The van der Waals surface area contributed by atoms with Gasteiger partial charge in [0.05, 0.1) is 11.2 Å². The third kappa shape index (κ3) is 4.08. The van der Waals surface area contributed by atoms with Crippen molar-refractivity contribution >= 4 is 57.8 Å². The van der Waals surface area contributed by atoms with Crippen molar-refractivity contribution in [1.29, 1.82) is 0 Å². The van der Waals surface area contributed by atoms with E-state index in [-0.39, 0.29) is 11.5 Å². The molecule has 35 heavy (non-hydrogen) atoms. The van der Waals surface area contributed by atoms with Crippen LogP contribution in [0.5, 0.6) is 0 Å². The molecule has 10 heteroatoms. The Morgan fingerprint density at radius 1 is 1.03 bits per heavy atom. The minimum atomic E-state index is 0.0453. The van der Waals surface area contributed by atoms with E-state index >= 15 is 0 Å². The third-order valence-electron chi connectivity index (χ3n) is 7.19. The van der Waals surface area contributed by atoms with Crippen LogP contribution in [0.25, 0.3) is 11.2 Å². The predicted octanol–water partition coefficient (Wildman–Crippen LogP) is 5.30. The van der Waals surface area contributed by atoms with Crippen molar-refractivity contribution in [1.82, 2.24) is 19.9 Å². The van der Waals surface area contributed by atoms with E-state index in [1.165, 1.54) is 22.9 Å². The van der Waals surface area contributed by atoms with E-state index < -0.39 is 0 Å². The van der Waals surface area contributed by atoms with Gasteiger partial charge < -0.3 is 16.4 Å². The fourth-order valence-electron chi connectivity index (χ4n) is 5.24. The van der Waals surface area contributed by atoms with E-state index in [0.29, 0.717) is 16.5 Å². The quantitative estimate of drug-likeness (QED) is 0.372. The lowest BCUT2D eigenvalue weighted by molar-refractivity contribution is 0.187. The largest absolute Gasteiger partial charge is 0.382 e. The van der Waals surface area contributed by atoms with Gasteiger partial charge in [-0.25, -0.2) is 19.9 Å². The number of nitrogen functional groups attached to an aromatic ring is 1. The maximum atomic E-state index is 6.73. The molecule has 4 heterocycles. The van der Waals surface area contributed by atoms with Crippen molar-refractivity contribution in [3.63, 3.8) is 0 Å². The minimum absolute atomic E-state index is 0.0453. The SMILES string of the molecule is Nc1nccc(Sc2ccc3nc(N4CCC5(CC4)Cc4cc(Cl)ccc4C5N)cnc3n2)c1Cl. The molecule has 1 atom stereocenters. The molecule has 4 aromatic rings. The highest BCUT2D eigenvalue weighted by Crippen LogP contribution is 2.51. The number of hydrogen-bond donors (Lipinski definition) is 2. The standard InChI is InChI=1S/C25H23Cl2N7S/c26-15-1-2-16-14(11-15)12-25(22(16)28)6-9-34(10-7-25)19-13-31-24-17(32-19)3-4-20(33-24)35-18-5-8-30-23(29)21(18)27/h1-5,8,11,13,22H,6-7,9-10,12,28H2,(H2,29,30). The maximum Gasteiger partial charge on any atom is 0.179 e. The number of rotatable bonds is 3. The maximum absolute atomic E-state index is 6.73. The van der Waals surface area contributed by atoms with Crippen LogP contribution in [0.2, 0.25) is 10.0 Å². The molecule has 7 nitrogen and oxygen atoms in total. The Labute approximate surface area is 217 Å². The monoisotopic (exact) mass is 523 g/mol. The molecule has 1 unspecified atom stereocenters. The Morgan fingerprint density at radius 2 is 1.86 bits per heavy atom. The summed E-state index contributed by atoms with van der Waals surface area (Å²) < 4.78 is 0. The van der Waals surface area contributed by atoms with Gasteiger partial charge in [-0.15, -0.1) is 0 Å². The Hall–Kier alpha value is -2.65. The first-order valence-electron chi connectivity index (χ1n) is 11.4. The van der Waals surface area contributed by atoms with Gasteiger partial charge in [0.2, 0.25) is 0 Å². The van der Waals surface area contributed by atoms with Crippen LogP contribution in [0.3, 0.4) is 0 Å². The third-order valence-corrected chi connectivity index (χ3v) is 8.93. The summed E-state index contributed by atoms with van der Waals surface area (Å²) in [5, 5.41) is 1.97. The van der Waals surface area contributed by atoms with Gasteiger partial charge in [0.1, 0.15) is 22.2 Å². The first-order valence-corrected chi connectivity index (χ1v) is 13.0. The highest BCUT2D eigenvalue weighted by Gasteiger charge is 2.46. The first-order chi connectivity index (χ1) is 16.9. The molecule has 4 N–H and O–H groups in total. The second-order valence-electron chi connectivity index (χ2n) is 9.18. The second-order valence-corrected chi connectivity index (χ2v) is 11.1. The fraction of sp³-hybridized carbons (Fsp3) is 0.280. The summed E-state index contributed by atoms with van der Waals surface area (Å²) in [4.78, 5) is 21.2. The van der Waals surface area contributed by atoms with E-state index in [1.54, 1.807) is 6.20 Å². The van der Waals surface area contributed by atoms with Gasteiger partial charge in [0.15, 0.2) is 5.65 Å². The molecule has 2 aliphatic rings. The number of fused-ring (bicyclic) bond motifs is 2. The second kappa shape index (κ2) is 8.78. The van der Waals surface area contributed by atoms with Gasteiger partial charge in [-0.1, -0.05) is 41.0 Å². The number of nitrogens with zero attached hydrogens (tertiary/aromatic N) is 5. The zero-order valence-corrected chi connectivity index (χ0v) is 21.1. The summed E-state index contributed by atoms with van der Waals surface area (Å²) in [5.74, 6) is 1.17. The van der Waals surface area contributed by atoms with Crippen LogP contribution in [-0.4, -0.2) is 33.0 Å². The molecule has 0 radical (unpaired) electrons. The summed E-state index contributed by atoms with van der Waals surface area (Å²) >= 11 is 13.9. The first kappa shape index (κ1) is 22.8. The zero-order chi connectivity index (χ0) is 24.2. The molecule has 3 aromatic heterocycles. The van der Waals surface area contributed by atoms with E-state index in [1.807, 2.05) is 30.5 Å². The number of aromatic nitrogens is 4. The number of benzene rings is 1. The Morgan fingerprint density at radius 3 is 2.69 bits per heavy atom. The van der Waals surface area contributed by atoms with Gasteiger partial charge in [0.25, 0.3) is 0 Å². The van der Waals surface area contributed by atoms with Crippen LogP contribution >= 0.6 is 35.0 Å². The van der Waals surface area contributed by atoms with Gasteiger partial charge in [0, 0.05) is 35.2 Å². The molecular formula is C25H23Cl2N7S. The van der Waals surface area contributed by atoms with Crippen LogP contribution in [0.15, 0.2) is 58.7 Å². The van der Waals surface area contributed by atoms with Crippen molar-refractivity contribution in [3.05, 3.63) is 70.0 Å². The molecule has 1 aromatic carbocycles. The van der Waals surface area contributed by atoms with Crippen molar-refractivity contribution < 1.29 is 0 Å². The number of halogens is 2. The zero-order valence-electron chi connectivity index (χ0n) is 18.8. The van der Waals surface area contributed by atoms with Crippen molar-refractivity contribution in [3.8, 4) is 0 Å². The molecule has 1 spiro atoms. The van der Waals surface area contributed by atoms with E-state index in [0.717, 1.165) is 58.6 Å². The summed E-state index contributed by atoms with van der Waals surface area (Å²) in [6.45, 7) is 1.78. The molecular weight excluding hydrogens is 501 g/mol. The number of hydrogen-bond acceptors (Lipinski definition) is 8. The van der Waals surface area contributed by atoms with Crippen LogP contribution in [0.4, 0.5) is 11.6 Å². The minimum Gasteiger partial charge on any atom is -0.382 e. The number of piperidine rings is 1. The summed E-state index contributed by atoms with van der Waals surface area (Å²) in [6, 6.07) is 11.8. The van der Waals surface area contributed by atoms with Gasteiger partial charge in [-0.2, -0.15) is 0 Å². The normalized spacial score (nSPS) is 18.8. The van der Waals surface area contributed by atoms with E-state index in [2.05, 4.69) is 32.0 Å². The van der Waals surface area contributed by atoms with Crippen molar-refractivity contribution in [2.24, 2.45) is 11.1 Å². The molecule has 178 valence electrons. The molecule has 1 aliphatic carbocycles. The van der Waals surface area contributed by atoms with Crippen LogP contribution in [-0.2, 0) is 6.42 Å². The molecule has 1 saturated heterocycles. The summed E-state index contributed by atoms with van der Waals surface area (Å²) in [6.07, 6.45) is 6.43. The molecule has 1 fully saturated rings. The lowest BCUT2D eigenvalue weighted by Crippen LogP contribution is -2.44. The molecule has 6 rings (SSSR count). The van der Waals surface area contributed by atoms with Crippen molar-refractivity contribution in [2.45, 2.75) is 35.2 Å². The fourth-order valence-corrected chi connectivity index (χ4v) is 6.48. The lowest BCUT2D eigenvalue weighted by atomic mass is 9.73. The molecule has 1 aliphatic heterocycles. The Balaban J connectivity index is 1.18. The van der Waals surface area contributed by atoms with E-state index in [9.17, 15) is 0 Å². The molecule has 0 amide bonds. The van der Waals surface area contributed by atoms with Crippen LogP contribution < -0.4 is 16.4 Å². The predicted molar refractivity (Wildman–Crippen MR) is 141 cm³/mol. The molecule has 0 bridgehead atoms. The summed E-state index contributed by atoms with van der Waals surface area (Å²) in [7, 11) is 0. The van der Waals surface area contributed by atoms with Gasteiger partial charge >= 0.3 is 0 Å². The lowest BCUT2D eigenvalue weighted by Gasteiger charge is -2.42. The van der Waals surface area contributed by atoms with Crippen LogP contribution in [0.1, 0.15) is 30.0 Å². The highest BCUT2D eigenvalue weighted by molar-refractivity contribution is 7.99. The topological polar surface area (TPSA) is 107 Å². The van der Waals surface area contributed by atoms with Gasteiger partial charge in [-0.05, 0) is 66.1 Å². The average Bonchev–Trinajstić information content (AvgIpc) is 3.12. The number of anilines is 2. The molecule has 0 saturated carbocycles. The highest BCUT2D eigenvalue weighted by atomic mass is 35.5. The number of pyridine rings is 2. The van der Waals surface area contributed by atoms with Gasteiger partial charge in [-0.3, -0.25) is 0 Å². The number of nitrogens with two attached hydrogens (primary N) is 2. The van der Waals surface area contributed by atoms with Crippen LogP contribution in [0, 0.1) is 5.41 Å². The van der Waals surface area contributed by atoms with E-state index in [4.69, 9.17) is 39.7 Å². The average molecular weight is 524 g/mol. The smallest absolute Gasteiger partial charge is 0.179 e. The summed E-state index contributed by atoms with van der Waals surface area (Å²) in [5.41, 5.74) is 16.5. The Kier molecular flexibility index (Phi) is 5.72.